The first-order valence-corrected chi connectivity index (χ1v) is 9.75. The van der Waals surface area contributed by atoms with E-state index in [9.17, 15) is 4.79 Å². The average Bonchev–Trinajstić information content (AvgIpc) is 3.26. The van der Waals surface area contributed by atoms with Gasteiger partial charge in [0.15, 0.2) is 0 Å². The Labute approximate surface area is 178 Å². The molecule has 0 aliphatic carbocycles. The monoisotopic (exact) mass is 418 g/mol. The average molecular weight is 419 g/mol. The van der Waals surface area contributed by atoms with E-state index in [0.717, 1.165) is 16.7 Å². The van der Waals surface area contributed by atoms with Gasteiger partial charge in [0.25, 0.3) is 0 Å². The third-order valence-electron chi connectivity index (χ3n) is 4.53. The second-order valence-electron chi connectivity index (χ2n) is 6.72. The van der Waals surface area contributed by atoms with Gasteiger partial charge in [-0.1, -0.05) is 60.1 Å². The van der Waals surface area contributed by atoms with Crippen LogP contribution in [0.1, 0.15) is 23.1 Å². The van der Waals surface area contributed by atoms with Gasteiger partial charge in [0.05, 0.1) is 0 Å². The molecule has 1 unspecified atom stereocenters. The van der Waals surface area contributed by atoms with Crippen molar-refractivity contribution >= 4 is 23.3 Å². The summed E-state index contributed by atoms with van der Waals surface area (Å²) in [5.74, 6) is 0.685. The molecular weight excluding hydrogens is 400 g/mol. The van der Waals surface area contributed by atoms with E-state index in [-0.39, 0.29) is 0 Å². The summed E-state index contributed by atoms with van der Waals surface area (Å²) in [4.78, 5) is 12.7. The van der Waals surface area contributed by atoms with Crippen LogP contribution in [0.4, 0.5) is 10.5 Å². The van der Waals surface area contributed by atoms with Crippen LogP contribution in [0.25, 0.3) is 11.5 Å². The molecule has 0 spiro atoms. The van der Waals surface area contributed by atoms with Gasteiger partial charge in [0.1, 0.15) is 6.04 Å². The van der Waals surface area contributed by atoms with E-state index < -0.39 is 12.1 Å². The lowest BCUT2D eigenvalue weighted by Crippen LogP contribution is -2.33. The Balaban J connectivity index is 1.59. The van der Waals surface area contributed by atoms with E-state index in [1.54, 1.807) is 18.2 Å². The zero-order valence-electron chi connectivity index (χ0n) is 16.2. The summed E-state index contributed by atoms with van der Waals surface area (Å²) in [5, 5.41) is 14.7. The number of rotatable bonds is 5. The highest BCUT2D eigenvalue weighted by Gasteiger charge is 2.23. The Morgan fingerprint density at radius 2 is 1.67 bits per heavy atom. The maximum Gasteiger partial charge on any atom is 0.320 e. The van der Waals surface area contributed by atoms with E-state index in [1.807, 2.05) is 67.6 Å². The summed E-state index contributed by atoms with van der Waals surface area (Å²) < 4.78 is 5.89. The number of halogens is 1. The normalized spacial score (nSPS) is 11.7. The summed E-state index contributed by atoms with van der Waals surface area (Å²) in [6.07, 6.45) is 0. The minimum Gasteiger partial charge on any atom is -0.418 e. The van der Waals surface area contributed by atoms with Gasteiger partial charge >= 0.3 is 6.03 Å². The van der Waals surface area contributed by atoms with Crippen molar-refractivity contribution in [3.05, 3.63) is 101 Å². The zero-order chi connectivity index (χ0) is 20.9. The lowest BCUT2D eigenvalue weighted by Gasteiger charge is -2.16. The fourth-order valence-corrected chi connectivity index (χ4v) is 3.12. The van der Waals surface area contributed by atoms with Crippen molar-refractivity contribution in [2.24, 2.45) is 0 Å². The minimum absolute atomic E-state index is 0.294. The molecule has 1 aromatic heterocycles. The largest absolute Gasteiger partial charge is 0.418 e. The van der Waals surface area contributed by atoms with Crippen LogP contribution in [0.5, 0.6) is 0 Å². The quantitative estimate of drug-likeness (QED) is 0.441. The number of carbonyl (C=O) groups is 1. The minimum atomic E-state index is -0.607. The second kappa shape index (κ2) is 8.80. The highest BCUT2D eigenvalue weighted by atomic mass is 35.5. The van der Waals surface area contributed by atoms with Crippen LogP contribution < -0.4 is 10.6 Å². The van der Waals surface area contributed by atoms with E-state index >= 15 is 0 Å². The smallest absolute Gasteiger partial charge is 0.320 e. The SMILES string of the molecule is Cc1cc(NC(=O)NC(c2ccccc2)c2nnc(-c3ccccc3)o2)ccc1Cl. The molecule has 0 aliphatic rings. The third-order valence-corrected chi connectivity index (χ3v) is 4.96. The summed E-state index contributed by atoms with van der Waals surface area (Å²) >= 11 is 6.06. The van der Waals surface area contributed by atoms with Gasteiger partial charge in [-0.3, -0.25) is 0 Å². The van der Waals surface area contributed by atoms with E-state index in [4.69, 9.17) is 16.0 Å². The Morgan fingerprint density at radius 3 is 2.37 bits per heavy atom. The number of hydrogen-bond acceptors (Lipinski definition) is 4. The number of anilines is 1. The number of urea groups is 1. The molecule has 7 heteroatoms. The molecule has 4 rings (SSSR count). The fraction of sp³-hybridized carbons (Fsp3) is 0.0870. The summed E-state index contributed by atoms with van der Waals surface area (Å²) in [5.41, 5.74) is 3.14. The number of carbonyl (C=O) groups excluding carboxylic acids is 1. The Kier molecular flexibility index (Phi) is 5.77. The standard InChI is InChI=1S/C23H19ClN4O2/c1-15-14-18(12-13-19(15)24)25-23(29)26-20(16-8-4-2-5-9-16)22-28-27-21(30-22)17-10-6-3-7-11-17/h2-14,20H,1H3,(H2,25,26,29). The first-order valence-electron chi connectivity index (χ1n) is 9.37. The van der Waals surface area contributed by atoms with Crippen molar-refractivity contribution < 1.29 is 9.21 Å². The van der Waals surface area contributed by atoms with Crippen molar-refractivity contribution in [1.82, 2.24) is 15.5 Å². The van der Waals surface area contributed by atoms with Crippen molar-refractivity contribution in [3.63, 3.8) is 0 Å². The number of nitrogens with one attached hydrogen (secondary N) is 2. The molecule has 2 N–H and O–H groups in total. The number of hydrogen-bond donors (Lipinski definition) is 2. The maximum absolute atomic E-state index is 12.7. The number of nitrogens with zero attached hydrogens (tertiary/aromatic N) is 2. The number of amides is 2. The van der Waals surface area contributed by atoms with Crippen molar-refractivity contribution in [2.45, 2.75) is 13.0 Å². The molecule has 150 valence electrons. The van der Waals surface area contributed by atoms with Gasteiger partial charge in [0.2, 0.25) is 11.8 Å². The molecule has 0 saturated carbocycles. The van der Waals surface area contributed by atoms with Crippen LogP contribution in [0.2, 0.25) is 5.02 Å². The van der Waals surface area contributed by atoms with E-state index in [0.29, 0.717) is 22.5 Å². The van der Waals surface area contributed by atoms with Gasteiger partial charge in [0, 0.05) is 16.3 Å². The first kappa shape index (κ1) is 19.7. The predicted molar refractivity (Wildman–Crippen MR) is 116 cm³/mol. The molecule has 30 heavy (non-hydrogen) atoms. The zero-order valence-corrected chi connectivity index (χ0v) is 16.9. The van der Waals surface area contributed by atoms with Crippen LogP contribution in [0.15, 0.2) is 83.3 Å². The summed E-state index contributed by atoms with van der Waals surface area (Å²) in [7, 11) is 0. The molecule has 6 nitrogen and oxygen atoms in total. The van der Waals surface area contributed by atoms with Crippen LogP contribution in [-0.4, -0.2) is 16.2 Å². The number of aryl methyl sites for hydroxylation is 1. The molecule has 0 saturated heterocycles. The highest BCUT2D eigenvalue weighted by Crippen LogP contribution is 2.25. The predicted octanol–water partition coefficient (Wildman–Crippen LogP) is 5.61. The van der Waals surface area contributed by atoms with Crippen molar-refractivity contribution in [1.29, 1.82) is 0 Å². The van der Waals surface area contributed by atoms with Crippen LogP contribution in [0, 0.1) is 6.92 Å². The Morgan fingerprint density at radius 1 is 0.967 bits per heavy atom. The molecule has 2 amide bonds. The lowest BCUT2D eigenvalue weighted by atomic mass is 10.1. The van der Waals surface area contributed by atoms with Gasteiger partial charge in [-0.05, 0) is 48.4 Å². The molecule has 0 bridgehead atoms. The molecule has 0 aliphatic heterocycles. The molecule has 3 aromatic carbocycles. The van der Waals surface area contributed by atoms with Gasteiger partial charge in [-0.25, -0.2) is 4.79 Å². The molecule has 0 fully saturated rings. The van der Waals surface area contributed by atoms with Gasteiger partial charge in [-0.15, -0.1) is 10.2 Å². The molecule has 1 heterocycles. The molecule has 0 radical (unpaired) electrons. The topological polar surface area (TPSA) is 80.0 Å². The Hall–Kier alpha value is -3.64. The van der Waals surface area contributed by atoms with E-state index in [2.05, 4.69) is 20.8 Å². The summed E-state index contributed by atoms with van der Waals surface area (Å²) in [6.45, 7) is 1.88. The van der Waals surface area contributed by atoms with Crippen LogP contribution >= 0.6 is 11.6 Å². The molecule has 1 atom stereocenters. The third kappa shape index (κ3) is 4.50. The van der Waals surface area contributed by atoms with Crippen LogP contribution in [-0.2, 0) is 0 Å². The fourth-order valence-electron chi connectivity index (χ4n) is 3.00. The maximum atomic E-state index is 12.7. The van der Waals surface area contributed by atoms with Crippen molar-refractivity contribution in [3.8, 4) is 11.5 Å². The Bertz CT molecular complexity index is 1150. The van der Waals surface area contributed by atoms with E-state index in [1.165, 1.54) is 0 Å². The highest BCUT2D eigenvalue weighted by molar-refractivity contribution is 6.31. The van der Waals surface area contributed by atoms with Gasteiger partial charge < -0.3 is 15.1 Å². The number of aromatic nitrogens is 2. The second-order valence-corrected chi connectivity index (χ2v) is 7.12. The van der Waals surface area contributed by atoms with Crippen molar-refractivity contribution in [2.75, 3.05) is 5.32 Å². The van der Waals surface area contributed by atoms with Gasteiger partial charge in [-0.2, -0.15) is 0 Å². The molecular formula is C23H19ClN4O2. The summed E-state index contributed by atoms with van der Waals surface area (Å²) in [6, 6.07) is 23.2. The lowest BCUT2D eigenvalue weighted by molar-refractivity contribution is 0.248. The first-order chi connectivity index (χ1) is 14.6. The molecule has 4 aromatic rings. The number of benzene rings is 3. The van der Waals surface area contributed by atoms with Crippen LogP contribution in [0.3, 0.4) is 0 Å².